The van der Waals surface area contributed by atoms with Crippen molar-refractivity contribution in [3.63, 3.8) is 0 Å². The highest BCUT2D eigenvalue weighted by molar-refractivity contribution is 7.65. The van der Waals surface area contributed by atoms with E-state index in [4.69, 9.17) is 44.8 Å². The summed E-state index contributed by atoms with van der Waals surface area (Å²) in [6.07, 6.45) is 0. The second-order valence-electron chi connectivity index (χ2n) is 3.33. The van der Waals surface area contributed by atoms with Gasteiger partial charge in [0.05, 0.1) is 0 Å². The molecular formula is C9H10Cl4Si. The van der Waals surface area contributed by atoms with Crippen LogP contribution < -0.4 is 0 Å². The summed E-state index contributed by atoms with van der Waals surface area (Å²) in [4.78, 5) is 0. The number of hydrogen-bond acceptors (Lipinski definition) is 0. The van der Waals surface area contributed by atoms with Crippen LogP contribution in [0.2, 0.25) is 0 Å². The van der Waals surface area contributed by atoms with Gasteiger partial charge in [0.1, 0.15) is 0 Å². The van der Waals surface area contributed by atoms with Crippen molar-refractivity contribution in [1.29, 1.82) is 0 Å². The Hall–Kier alpha value is 0.597. The van der Waals surface area contributed by atoms with Crippen LogP contribution in [0.4, 0.5) is 0 Å². The van der Waals surface area contributed by atoms with Gasteiger partial charge < -0.3 is 0 Å². The number of hydrogen-bond donors (Lipinski definition) is 0. The van der Waals surface area contributed by atoms with E-state index in [1.807, 2.05) is 37.3 Å². The quantitative estimate of drug-likeness (QED) is 0.440. The minimum atomic E-state index is -2.87. The van der Waals surface area contributed by atoms with Crippen molar-refractivity contribution in [2.75, 3.05) is 5.88 Å². The zero-order valence-corrected chi connectivity index (χ0v) is 11.6. The molecule has 0 bridgehead atoms. The van der Waals surface area contributed by atoms with E-state index >= 15 is 0 Å². The Morgan fingerprint density at radius 1 is 1.14 bits per heavy atom. The molecule has 78 valence electrons. The second-order valence-corrected chi connectivity index (χ2v) is 12.5. The summed E-state index contributed by atoms with van der Waals surface area (Å²) < 4.78 is 0. The van der Waals surface area contributed by atoms with Crippen LogP contribution in [-0.2, 0) is 5.04 Å². The molecule has 0 fully saturated rings. The molecule has 1 unspecified atom stereocenters. The molecule has 1 atom stereocenters. The normalized spacial score (nSPS) is 16.4. The highest BCUT2D eigenvalue weighted by Crippen LogP contribution is 2.42. The Bertz CT molecular complexity index is 295. The average Bonchev–Trinajstić information content (AvgIpc) is 2.16. The first kappa shape index (κ1) is 12.7. The van der Waals surface area contributed by atoms with Gasteiger partial charge in [0.2, 0.25) is 0 Å². The first-order valence-electron chi connectivity index (χ1n) is 4.10. The van der Waals surface area contributed by atoms with Crippen LogP contribution in [0.25, 0.3) is 0 Å². The molecule has 1 aromatic rings. The lowest BCUT2D eigenvalue weighted by Gasteiger charge is -2.32. The van der Waals surface area contributed by atoms with Gasteiger partial charge in [-0.3, -0.25) is 0 Å². The fraction of sp³-hybridized carbons (Fsp3) is 0.333. The largest absolute Gasteiger partial charge is 0.352 e. The summed E-state index contributed by atoms with van der Waals surface area (Å²) in [6, 6.07) is 6.79. The van der Waals surface area contributed by atoms with Gasteiger partial charge >= 0.3 is 6.00 Å². The predicted octanol–water partition coefficient (Wildman–Crippen LogP) is 4.38. The molecule has 0 heterocycles. The summed E-state index contributed by atoms with van der Waals surface area (Å²) in [5, 5.41) is -0.527. The Morgan fingerprint density at radius 2 is 1.64 bits per heavy atom. The van der Waals surface area contributed by atoms with Gasteiger partial charge in [0, 0.05) is 10.9 Å². The number of halogens is 4. The summed E-state index contributed by atoms with van der Waals surface area (Å²) in [5.74, 6) is 0.319. The van der Waals surface area contributed by atoms with Gasteiger partial charge in [-0.1, -0.05) is 37.3 Å². The SMILES string of the molecule is CC(CCl)(c1ccccc1)[Si](Cl)(Cl)Cl. The maximum Gasteiger partial charge on any atom is 0.352 e. The van der Waals surface area contributed by atoms with E-state index in [1.54, 1.807) is 0 Å². The lowest BCUT2D eigenvalue weighted by Crippen LogP contribution is -2.43. The fourth-order valence-electron chi connectivity index (χ4n) is 1.12. The fourth-order valence-corrected chi connectivity index (χ4v) is 4.72. The zero-order chi connectivity index (χ0) is 10.8. The first-order chi connectivity index (χ1) is 6.42. The molecule has 0 spiro atoms. The summed E-state index contributed by atoms with van der Waals surface area (Å²) >= 11 is 24.1. The minimum Gasteiger partial charge on any atom is -0.126 e. The van der Waals surface area contributed by atoms with E-state index in [0.717, 1.165) is 5.56 Å². The Morgan fingerprint density at radius 3 is 2.00 bits per heavy atom. The third-order valence-electron chi connectivity index (χ3n) is 2.30. The molecule has 0 saturated carbocycles. The van der Waals surface area contributed by atoms with Crippen LogP contribution in [-0.4, -0.2) is 11.9 Å². The van der Waals surface area contributed by atoms with E-state index in [2.05, 4.69) is 0 Å². The average molecular weight is 288 g/mol. The van der Waals surface area contributed by atoms with Crippen LogP contribution in [0.5, 0.6) is 0 Å². The van der Waals surface area contributed by atoms with E-state index in [9.17, 15) is 0 Å². The number of rotatable bonds is 3. The molecule has 0 aliphatic heterocycles. The summed E-state index contributed by atoms with van der Waals surface area (Å²) in [7, 11) is 0. The van der Waals surface area contributed by atoms with Crippen LogP contribution in [0.3, 0.4) is 0 Å². The van der Waals surface area contributed by atoms with Gasteiger partial charge in [0.15, 0.2) is 0 Å². The van der Waals surface area contributed by atoms with Crippen molar-refractivity contribution in [3.8, 4) is 0 Å². The van der Waals surface area contributed by atoms with Crippen molar-refractivity contribution in [3.05, 3.63) is 35.9 Å². The van der Waals surface area contributed by atoms with Crippen molar-refractivity contribution in [1.82, 2.24) is 0 Å². The molecule has 0 aliphatic carbocycles. The molecule has 0 aliphatic rings. The second kappa shape index (κ2) is 4.63. The van der Waals surface area contributed by atoms with Gasteiger partial charge in [-0.2, -0.15) is 0 Å². The Balaban J connectivity index is 3.15. The molecule has 0 aromatic heterocycles. The monoisotopic (exact) mass is 286 g/mol. The molecule has 1 rings (SSSR count). The molecule has 14 heavy (non-hydrogen) atoms. The summed E-state index contributed by atoms with van der Waals surface area (Å²) in [6.45, 7) is 1.90. The number of benzene rings is 1. The first-order valence-corrected chi connectivity index (χ1v) is 9.67. The third-order valence-corrected chi connectivity index (χ3v) is 8.53. The standard InChI is InChI=1S/C9H10Cl4Si/c1-9(7-10,14(11,12)13)8-5-3-2-4-6-8/h2-6H,7H2,1H3. The Kier molecular flexibility index (Phi) is 4.18. The molecule has 0 radical (unpaired) electrons. The number of alkyl halides is 1. The van der Waals surface area contributed by atoms with Crippen LogP contribution in [0, 0.1) is 0 Å². The van der Waals surface area contributed by atoms with Crippen molar-refractivity contribution >= 4 is 50.8 Å². The van der Waals surface area contributed by atoms with Gasteiger partial charge in [0.25, 0.3) is 0 Å². The minimum absolute atomic E-state index is 0.319. The highest BCUT2D eigenvalue weighted by atomic mass is 35.8. The van der Waals surface area contributed by atoms with E-state index in [-0.39, 0.29) is 0 Å². The van der Waals surface area contributed by atoms with Crippen LogP contribution in [0.1, 0.15) is 12.5 Å². The molecule has 0 amide bonds. The van der Waals surface area contributed by atoms with Crippen molar-refractivity contribution in [2.24, 2.45) is 0 Å². The van der Waals surface area contributed by atoms with Crippen molar-refractivity contribution < 1.29 is 0 Å². The van der Waals surface area contributed by atoms with Gasteiger partial charge in [-0.05, 0) is 5.56 Å². The van der Waals surface area contributed by atoms with E-state index < -0.39 is 11.0 Å². The van der Waals surface area contributed by atoms with E-state index in [1.165, 1.54) is 0 Å². The Labute approximate surface area is 104 Å². The molecule has 5 heteroatoms. The predicted molar refractivity (Wildman–Crippen MR) is 67.8 cm³/mol. The van der Waals surface area contributed by atoms with Crippen LogP contribution in [0.15, 0.2) is 30.3 Å². The lowest BCUT2D eigenvalue weighted by atomic mass is 10.0. The molecule has 1 aromatic carbocycles. The molecule has 0 N–H and O–H groups in total. The maximum atomic E-state index is 6.06. The topological polar surface area (TPSA) is 0 Å². The van der Waals surface area contributed by atoms with Gasteiger partial charge in [-0.15, -0.1) is 44.8 Å². The zero-order valence-electron chi connectivity index (χ0n) is 7.61. The van der Waals surface area contributed by atoms with Gasteiger partial charge in [-0.25, -0.2) is 0 Å². The molecule has 0 nitrogen and oxygen atoms in total. The highest BCUT2D eigenvalue weighted by Gasteiger charge is 2.48. The van der Waals surface area contributed by atoms with Crippen LogP contribution >= 0.6 is 44.8 Å². The summed E-state index contributed by atoms with van der Waals surface area (Å²) in [5.41, 5.74) is 0.988. The van der Waals surface area contributed by atoms with Crippen molar-refractivity contribution in [2.45, 2.75) is 12.0 Å². The smallest absolute Gasteiger partial charge is 0.126 e. The maximum absolute atomic E-state index is 6.06. The third kappa shape index (κ3) is 2.39. The molecular weight excluding hydrogens is 278 g/mol. The van der Waals surface area contributed by atoms with E-state index in [0.29, 0.717) is 5.88 Å². The molecule has 0 saturated heterocycles. The lowest BCUT2D eigenvalue weighted by molar-refractivity contribution is 0.759.